The van der Waals surface area contributed by atoms with E-state index in [2.05, 4.69) is 15.6 Å². The van der Waals surface area contributed by atoms with Gasteiger partial charge in [0.05, 0.1) is 29.9 Å². The minimum absolute atomic E-state index is 0.400. The van der Waals surface area contributed by atoms with Crippen molar-refractivity contribution in [2.75, 3.05) is 24.7 Å². The number of nitrogens with zero attached hydrogens (tertiary/aromatic N) is 1. The normalized spacial score (nSPS) is 15.0. The fourth-order valence-electron chi connectivity index (χ4n) is 1.28. The lowest BCUT2D eigenvalue weighted by Crippen LogP contribution is -2.04. The summed E-state index contributed by atoms with van der Waals surface area (Å²) in [6.07, 6.45) is 6.27. The summed E-state index contributed by atoms with van der Waals surface area (Å²) in [5.41, 5.74) is 1.87. The molecular formula is C10H15N3O. The van der Waals surface area contributed by atoms with Crippen LogP contribution in [0.4, 0.5) is 11.4 Å². The van der Waals surface area contributed by atoms with Gasteiger partial charge in [-0.3, -0.25) is 4.98 Å². The number of pyridine rings is 1. The van der Waals surface area contributed by atoms with Crippen LogP contribution in [0.25, 0.3) is 0 Å². The van der Waals surface area contributed by atoms with Crippen LogP contribution in [0.1, 0.15) is 12.8 Å². The van der Waals surface area contributed by atoms with E-state index in [1.165, 1.54) is 0 Å². The molecule has 14 heavy (non-hydrogen) atoms. The van der Waals surface area contributed by atoms with Gasteiger partial charge in [-0.25, -0.2) is 0 Å². The Labute approximate surface area is 83.7 Å². The van der Waals surface area contributed by atoms with Gasteiger partial charge in [0.25, 0.3) is 0 Å². The predicted molar refractivity (Wildman–Crippen MR) is 57.0 cm³/mol. The molecule has 0 spiro atoms. The van der Waals surface area contributed by atoms with E-state index >= 15 is 0 Å². The number of rotatable bonds is 4. The molecule has 0 radical (unpaired) electrons. The first-order valence-corrected chi connectivity index (χ1v) is 4.85. The number of ether oxygens (including phenoxy) is 1. The molecule has 4 heteroatoms. The molecule has 1 aliphatic carbocycles. The van der Waals surface area contributed by atoms with Crippen molar-refractivity contribution < 1.29 is 4.74 Å². The van der Waals surface area contributed by atoms with Crippen molar-refractivity contribution in [1.29, 1.82) is 0 Å². The average molecular weight is 193 g/mol. The standard InChI is InChI=1S/C10H15N3O/c1-11-8-5-13-6-9(12-2)10(8)14-7-3-4-7/h5-7,11-12H,3-4H2,1-2H3. The maximum absolute atomic E-state index is 5.80. The van der Waals surface area contributed by atoms with E-state index in [-0.39, 0.29) is 0 Å². The smallest absolute Gasteiger partial charge is 0.169 e. The minimum atomic E-state index is 0.400. The molecule has 0 unspecified atom stereocenters. The van der Waals surface area contributed by atoms with E-state index in [1.807, 2.05) is 14.1 Å². The zero-order valence-corrected chi connectivity index (χ0v) is 8.50. The zero-order valence-electron chi connectivity index (χ0n) is 8.50. The van der Waals surface area contributed by atoms with Crippen molar-refractivity contribution in [2.45, 2.75) is 18.9 Å². The summed E-state index contributed by atoms with van der Waals surface area (Å²) in [7, 11) is 3.74. The number of aromatic nitrogens is 1. The second kappa shape index (κ2) is 3.74. The van der Waals surface area contributed by atoms with Crippen molar-refractivity contribution in [3.05, 3.63) is 12.4 Å². The minimum Gasteiger partial charge on any atom is -0.486 e. The van der Waals surface area contributed by atoms with Crippen molar-refractivity contribution in [3.8, 4) is 5.75 Å². The van der Waals surface area contributed by atoms with Crippen LogP contribution < -0.4 is 15.4 Å². The summed E-state index contributed by atoms with van der Waals surface area (Å²) in [5, 5.41) is 6.15. The summed E-state index contributed by atoms with van der Waals surface area (Å²) >= 11 is 0. The third-order valence-electron chi connectivity index (χ3n) is 2.24. The molecule has 0 amide bonds. The largest absolute Gasteiger partial charge is 0.486 e. The first kappa shape index (κ1) is 9.12. The molecule has 0 aromatic carbocycles. The van der Waals surface area contributed by atoms with Gasteiger partial charge in [-0.05, 0) is 12.8 Å². The lowest BCUT2D eigenvalue weighted by Gasteiger charge is -2.13. The Balaban J connectivity index is 2.29. The van der Waals surface area contributed by atoms with Crippen molar-refractivity contribution in [3.63, 3.8) is 0 Å². The first-order valence-electron chi connectivity index (χ1n) is 4.85. The van der Waals surface area contributed by atoms with E-state index < -0.39 is 0 Å². The Morgan fingerprint density at radius 3 is 2.21 bits per heavy atom. The highest BCUT2D eigenvalue weighted by Crippen LogP contribution is 2.36. The Hall–Kier alpha value is -1.45. The molecule has 76 valence electrons. The molecule has 1 aromatic rings. The Bertz CT molecular complexity index is 301. The quantitative estimate of drug-likeness (QED) is 0.764. The van der Waals surface area contributed by atoms with Gasteiger partial charge in [-0.15, -0.1) is 0 Å². The first-order chi connectivity index (χ1) is 6.85. The van der Waals surface area contributed by atoms with Crippen molar-refractivity contribution >= 4 is 11.4 Å². The highest BCUT2D eigenvalue weighted by atomic mass is 16.5. The van der Waals surface area contributed by atoms with E-state index in [0.29, 0.717) is 6.10 Å². The summed E-state index contributed by atoms with van der Waals surface area (Å²) in [5.74, 6) is 0.882. The molecule has 1 fully saturated rings. The molecule has 0 saturated heterocycles. The molecule has 1 aromatic heterocycles. The van der Waals surface area contributed by atoms with Crippen molar-refractivity contribution in [2.24, 2.45) is 0 Å². The predicted octanol–water partition coefficient (Wildman–Crippen LogP) is 1.71. The molecule has 2 N–H and O–H groups in total. The van der Waals surface area contributed by atoms with Crippen LogP contribution in [0.15, 0.2) is 12.4 Å². The highest BCUT2D eigenvalue weighted by Gasteiger charge is 2.25. The highest BCUT2D eigenvalue weighted by molar-refractivity contribution is 5.69. The Kier molecular flexibility index (Phi) is 2.43. The van der Waals surface area contributed by atoms with Crippen LogP contribution in [0.5, 0.6) is 5.75 Å². The maximum Gasteiger partial charge on any atom is 0.169 e. The number of nitrogens with one attached hydrogen (secondary N) is 2. The summed E-state index contributed by atoms with van der Waals surface area (Å²) in [6, 6.07) is 0. The van der Waals surface area contributed by atoms with E-state index in [0.717, 1.165) is 30.0 Å². The number of anilines is 2. The van der Waals surface area contributed by atoms with Gasteiger partial charge in [0.2, 0.25) is 0 Å². The van der Waals surface area contributed by atoms with Crippen LogP contribution in [0.2, 0.25) is 0 Å². The SMILES string of the molecule is CNc1cncc(NC)c1OC1CC1. The molecule has 1 heterocycles. The lowest BCUT2D eigenvalue weighted by atomic mass is 10.3. The van der Waals surface area contributed by atoms with Crippen LogP contribution >= 0.6 is 0 Å². The van der Waals surface area contributed by atoms with E-state index in [1.54, 1.807) is 12.4 Å². The fourth-order valence-corrected chi connectivity index (χ4v) is 1.28. The van der Waals surface area contributed by atoms with Gasteiger partial charge in [0.1, 0.15) is 0 Å². The molecule has 2 rings (SSSR count). The summed E-state index contributed by atoms with van der Waals surface area (Å²) in [6.45, 7) is 0. The van der Waals surface area contributed by atoms with Crippen LogP contribution in [-0.4, -0.2) is 25.2 Å². The van der Waals surface area contributed by atoms with Crippen LogP contribution in [-0.2, 0) is 0 Å². The van der Waals surface area contributed by atoms with Crippen molar-refractivity contribution in [1.82, 2.24) is 4.98 Å². The lowest BCUT2D eigenvalue weighted by molar-refractivity contribution is 0.306. The van der Waals surface area contributed by atoms with Crippen LogP contribution in [0, 0.1) is 0 Å². The van der Waals surface area contributed by atoms with Gasteiger partial charge in [0, 0.05) is 14.1 Å². The molecular weight excluding hydrogens is 178 g/mol. The Morgan fingerprint density at radius 2 is 1.79 bits per heavy atom. The molecule has 0 bridgehead atoms. The van der Waals surface area contributed by atoms with Gasteiger partial charge >= 0.3 is 0 Å². The molecule has 0 atom stereocenters. The molecule has 4 nitrogen and oxygen atoms in total. The van der Waals surface area contributed by atoms with Gasteiger partial charge < -0.3 is 15.4 Å². The van der Waals surface area contributed by atoms with Gasteiger partial charge in [0.15, 0.2) is 5.75 Å². The summed E-state index contributed by atoms with van der Waals surface area (Å²) < 4.78 is 5.80. The monoisotopic (exact) mass is 193 g/mol. The van der Waals surface area contributed by atoms with Gasteiger partial charge in [-0.2, -0.15) is 0 Å². The number of hydrogen-bond donors (Lipinski definition) is 2. The molecule has 0 aliphatic heterocycles. The maximum atomic E-state index is 5.80. The van der Waals surface area contributed by atoms with Crippen LogP contribution in [0.3, 0.4) is 0 Å². The second-order valence-electron chi connectivity index (χ2n) is 3.38. The topological polar surface area (TPSA) is 46.2 Å². The zero-order chi connectivity index (χ0) is 9.97. The third kappa shape index (κ3) is 1.73. The van der Waals surface area contributed by atoms with E-state index in [9.17, 15) is 0 Å². The fraction of sp³-hybridized carbons (Fsp3) is 0.500. The third-order valence-corrected chi connectivity index (χ3v) is 2.24. The second-order valence-corrected chi connectivity index (χ2v) is 3.38. The molecule has 1 saturated carbocycles. The average Bonchev–Trinajstić information content (AvgIpc) is 3.02. The molecule has 1 aliphatic rings. The Morgan fingerprint density at radius 1 is 1.21 bits per heavy atom. The van der Waals surface area contributed by atoms with E-state index in [4.69, 9.17) is 4.74 Å². The van der Waals surface area contributed by atoms with Gasteiger partial charge in [-0.1, -0.05) is 0 Å². The number of hydrogen-bond acceptors (Lipinski definition) is 4. The summed E-state index contributed by atoms with van der Waals surface area (Å²) in [4.78, 5) is 4.11.